The molecule has 0 radical (unpaired) electrons. The summed E-state index contributed by atoms with van der Waals surface area (Å²) in [7, 11) is 0. The van der Waals surface area contributed by atoms with Gasteiger partial charge in [-0.15, -0.1) is 13.2 Å². The third-order valence-electron chi connectivity index (χ3n) is 9.02. The van der Waals surface area contributed by atoms with Gasteiger partial charge in [0, 0.05) is 36.0 Å². The van der Waals surface area contributed by atoms with E-state index in [0.717, 1.165) is 35.1 Å². The average Bonchev–Trinajstić information content (AvgIpc) is 4.06. The molecule has 8 rings (SSSR count). The molecule has 0 bridgehead atoms. The molecule has 53 heavy (non-hydrogen) atoms. The summed E-state index contributed by atoms with van der Waals surface area (Å²) in [5, 5.41) is 16.9. The maximum atomic E-state index is 13.8. The topological polar surface area (TPSA) is 140 Å². The van der Waals surface area contributed by atoms with Crippen molar-refractivity contribution in [2.24, 2.45) is 0 Å². The highest BCUT2D eigenvalue weighted by molar-refractivity contribution is 6.32. The Morgan fingerprint density at radius 3 is 2.32 bits per heavy atom. The largest absolute Gasteiger partial charge is 0.573 e. The second kappa shape index (κ2) is 13.0. The zero-order chi connectivity index (χ0) is 37.2. The van der Waals surface area contributed by atoms with Gasteiger partial charge >= 0.3 is 17.7 Å². The van der Waals surface area contributed by atoms with Gasteiger partial charge < -0.3 is 15.4 Å². The monoisotopic (exact) mass is 762 g/mol. The van der Waals surface area contributed by atoms with Gasteiger partial charge in [0.25, 0.3) is 0 Å². The van der Waals surface area contributed by atoms with Gasteiger partial charge in [-0.3, -0.25) is 9.13 Å². The number of halogens is 6. The summed E-state index contributed by atoms with van der Waals surface area (Å²) in [5.41, 5.74) is 1.05. The molecule has 11 nitrogen and oxygen atoms in total. The summed E-state index contributed by atoms with van der Waals surface area (Å²) in [5.74, 6) is -0.249. The second-order valence-corrected chi connectivity index (χ2v) is 13.4. The lowest BCUT2D eigenvalue weighted by Crippen LogP contribution is -2.25. The second-order valence-electron chi connectivity index (χ2n) is 12.7. The normalized spacial score (nSPS) is 16.8. The number of ether oxygens (including phenoxy) is 1. The molecule has 0 saturated heterocycles. The minimum atomic E-state index is -5.01. The molecule has 0 spiro atoms. The van der Waals surface area contributed by atoms with Crippen molar-refractivity contribution in [1.29, 1.82) is 5.26 Å². The van der Waals surface area contributed by atoms with Crippen molar-refractivity contribution in [3.63, 3.8) is 0 Å². The molecular weight excluding hydrogens is 739 g/mol. The van der Waals surface area contributed by atoms with E-state index < -0.39 is 35.7 Å². The summed E-state index contributed by atoms with van der Waals surface area (Å²) in [6.45, 7) is 0.0252. The summed E-state index contributed by atoms with van der Waals surface area (Å²) < 4.78 is 59.9. The van der Waals surface area contributed by atoms with Crippen molar-refractivity contribution in [3.05, 3.63) is 115 Å². The molecule has 2 fully saturated rings. The number of nitrogens with one attached hydrogen (secondary N) is 2. The Labute approximate surface area is 306 Å². The Kier molecular flexibility index (Phi) is 8.46. The highest BCUT2D eigenvalue weighted by Crippen LogP contribution is 2.43. The molecule has 0 aliphatic heterocycles. The fourth-order valence-electron chi connectivity index (χ4n) is 6.29. The molecule has 2 N–H and O–H groups in total. The van der Waals surface area contributed by atoms with E-state index in [2.05, 4.69) is 36.4 Å². The number of nitriles is 1. The highest BCUT2D eigenvalue weighted by Gasteiger charge is 2.38. The van der Waals surface area contributed by atoms with E-state index in [1.807, 2.05) is 0 Å². The summed E-state index contributed by atoms with van der Waals surface area (Å²) in [6, 6.07) is 16.5. The number of hydrogen-bond acceptors (Lipinski definition) is 9. The minimum Gasteiger partial charge on any atom is -0.406 e. The first kappa shape index (κ1) is 34.4. The molecule has 2 atom stereocenters. The summed E-state index contributed by atoms with van der Waals surface area (Å²) >= 11 is 13.0. The van der Waals surface area contributed by atoms with Crippen LogP contribution in [0.5, 0.6) is 5.75 Å². The van der Waals surface area contributed by atoms with Crippen molar-refractivity contribution in [2.75, 3.05) is 10.6 Å². The molecule has 3 aromatic carbocycles. The first-order valence-electron chi connectivity index (χ1n) is 16.3. The van der Waals surface area contributed by atoms with Gasteiger partial charge in [0.2, 0.25) is 0 Å². The molecule has 6 aromatic rings. The fourth-order valence-corrected chi connectivity index (χ4v) is 6.69. The molecule has 2 aliphatic carbocycles. The predicted molar refractivity (Wildman–Crippen MR) is 190 cm³/mol. The Hall–Kier alpha value is -5.72. The highest BCUT2D eigenvalue weighted by atomic mass is 35.5. The first-order valence-corrected chi connectivity index (χ1v) is 17.0. The van der Waals surface area contributed by atoms with Crippen LogP contribution in [0.3, 0.4) is 0 Å². The molecule has 3 aromatic heterocycles. The van der Waals surface area contributed by atoms with E-state index in [1.54, 1.807) is 30.3 Å². The zero-order valence-corrected chi connectivity index (χ0v) is 28.6. The average molecular weight is 764 g/mol. The van der Waals surface area contributed by atoms with Crippen LogP contribution < -0.4 is 26.7 Å². The van der Waals surface area contributed by atoms with Crippen molar-refractivity contribution >= 4 is 56.6 Å². The Morgan fingerprint density at radius 1 is 0.925 bits per heavy atom. The van der Waals surface area contributed by atoms with Crippen LogP contribution in [-0.4, -0.2) is 42.7 Å². The van der Waals surface area contributed by atoms with Crippen LogP contribution in [0.4, 0.5) is 29.2 Å². The molecular formula is C36H24Cl2F4N8O3. The number of benzene rings is 3. The van der Waals surface area contributed by atoms with Gasteiger partial charge in [-0.1, -0.05) is 29.3 Å². The van der Waals surface area contributed by atoms with E-state index in [0.29, 0.717) is 27.7 Å². The number of hydrogen-bond donors (Lipinski definition) is 2. The van der Waals surface area contributed by atoms with Crippen LogP contribution in [0, 0.1) is 11.3 Å². The molecule has 2 saturated carbocycles. The number of nitrogens with zero attached hydrogens (tertiary/aromatic N) is 6. The predicted octanol–water partition coefficient (Wildman–Crippen LogP) is 7.57. The Bertz CT molecular complexity index is 2640. The molecule has 3 heterocycles. The van der Waals surface area contributed by atoms with E-state index >= 15 is 0 Å². The smallest absolute Gasteiger partial charge is 0.406 e. The quantitative estimate of drug-likeness (QED) is 0.113. The Morgan fingerprint density at radius 2 is 1.64 bits per heavy atom. The number of anilines is 2. The van der Waals surface area contributed by atoms with Crippen molar-refractivity contribution in [2.45, 2.75) is 50.3 Å². The maximum absolute atomic E-state index is 13.8. The third kappa shape index (κ3) is 6.71. The van der Waals surface area contributed by atoms with E-state index in [9.17, 15) is 32.4 Å². The van der Waals surface area contributed by atoms with E-state index in [-0.39, 0.29) is 57.3 Å². The molecule has 17 heteroatoms. The number of pyridine rings is 1. The Balaban J connectivity index is 1.21. The van der Waals surface area contributed by atoms with Crippen LogP contribution in [0.15, 0.2) is 76.4 Å². The molecule has 268 valence electrons. The van der Waals surface area contributed by atoms with E-state index in [4.69, 9.17) is 23.2 Å². The third-order valence-corrected chi connectivity index (χ3v) is 9.63. The standard InChI is InChI=1S/C36H24Cl2F4N8O3/c37-24-8-3-17(10-30(24)50-28-12-20(53-36(40,41)42)6-7-21(28)33(48-35(50)52)46-26-14-25(26)39)16-45-32-23-11-19(15-43)22(18-4-5-18)13-29(23)49(34(51)47-32)27-2-1-9-44-31(27)38/h1-3,6-13,18,25-26H,4-5,14,16H2,(H,45,47,51)(H,46,48,52)/t25-,26-/m0/s1. The zero-order valence-electron chi connectivity index (χ0n) is 27.1. The number of aromatic nitrogens is 5. The molecule has 2 aliphatic rings. The number of fused-ring (bicyclic) bond motifs is 2. The number of rotatable bonds is 9. The van der Waals surface area contributed by atoms with Crippen LogP contribution in [0.2, 0.25) is 10.2 Å². The van der Waals surface area contributed by atoms with Gasteiger partial charge in [-0.05, 0) is 78.4 Å². The van der Waals surface area contributed by atoms with Crippen molar-refractivity contribution in [3.8, 4) is 23.2 Å². The van der Waals surface area contributed by atoms with Gasteiger partial charge in [-0.2, -0.15) is 15.2 Å². The van der Waals surface area contributed by atoms with Crippen molar-refractivity contribution in [1.82, 2.24) is 24.1 Å². The summed E-state index contributed by atoms with van der Waals surface area (Å²) in [6.07, 6.45) is -2.65. The van der Waals surface area contributed by atoms with Gasteiger partial charge in [-0.25, -0.2) is 19.0 Å². The first-order chi connectivity index (χ1) is 25.4. The number of alkyl halides is 4. The lowest BCUT2D eigenvalue weighted by molar-refractivity contribution is -0.274. The minimum absolute atomic E-state index is 0.000687. The van der Waals surface area contributed by atoms with Gasteiger partial charge in [0.1, 0.15) is 23.6 Å². The van der Waals surface area contributed by atoms with Crippen LogP contribution in [-0.2, 0) is 6.54 Å². The van der Waals surface area contributed by atoms with Gasteiger partial charge in [0.05, 0.1) is 45.1 Å². The van der Waals surface area contributed by atoms with Gasteiger partial charge in [0.15, 0.2) is 5.15 Å². The van der Waals surface area contributed by atoms with Crippen LogP contribution >= 0.6 is 23.2 Å². The maximum Gasteiger partial charge on any atom is 0.573 e. The molecule has 0 amide bonds. The van der Waals surface area contributed by atoms with Crippen LogP contribution in [0.25, 0.3) is 33.2 Å². The fraction of sp³-hybridized carbons (Fsp3) is 0.222. The summed E-state index contributed by atoms with van der Waals surface area (Å²) in [4.78, 5) is 39.7. The van der Waals surface area contributed by atoms with Crippen molar-refractivity contribution < 1.29 is 22.3 Å². The van der Waals surface area contributed by atoms with Crippen LogP contribution in [0.1, 0.15) is 41.9 Å². The molecule has 0 unspecified atom stereocenters. The lowest BCUT2D eigenvalue weighted by Gasteiger charge is -2.18. The SMILES string of the molecule is N#Cc1cc2c(NCc3ccc(Cl)c(-n4c(=O)nc(N[C@H]5C[C@@H]5F)c5ccc(OC(F)(F)F)cc54)c3)nc(=O)n(-c3cccnc3Cl)c2cc1C1CC1. The van der Waals surface area contributed by atoms with E-state index in [1.165, 1.54) is 29.0 Å². The lowest BCUT2D eigenvalue weighted by atomic mass is 10.0.